The number of benzene rings is 1. The molecule has 1 amide bonds. The molecule has 0 radical (unpaired) electrons. The molecule has 9 heteroatoms. The normalized spacial score (nSPS) is 14.4. The van der Waals surface area contributed by atoms with E-state index in [-0.39, 0.29) is 5.69 Å². The van der Waals surface area contributed by atoms with Gasteiger partial charge in [-0.05, 0) is 25.1 Å². The fourth-order valence-corrected chi connectivity index (χ4v) is 1.21. The van der Waals surface area contributed by atoms with E-state index in [1.54, 1.807) is 0 Å². The highest BCUT2D eigenvalue weighted by atomic mass is 19.4. The fraction of sp³-hybridized carbons (Fsp3) is 0.273. The van der Waals surface area contributed by atoms with Crippen LogP contribution in [0, 0.1) is 5.82 Å². The number of hydrogen-bond donors (Lipinski definition) is 3. The Bertz CT molecular complexity index is 559. The van der Waals surface area contributed by atoms with Crippen molar-refractivity contribution < 1.29 is 32.3 Å². The molecule has 0 heterocycles. The van der Waals surface area contributed by atoms with Crippen LogP contribution in [-0.4, -0.2) is 28.7 Å². The number of anilines is 1. The van der Waals surface area contributed by atoms with Crippen LogP contribution in [0.15, 0.2) is 18.2 Å². The molecule has 1 rings (SSSR count). The lowest BCUT2D eigenvalue weighted by Crippen LogP contribution is -2.61. The SMILES string of the molecule is CC(NC(=O)c1ccc(N)c(F)c1)(C(=O)O)C(F)(F)F. The van der Waals surface area contributed by atoms with Gasteiger partial charge in [0.05, 0.1) is 5.69 Å². The van der Waals surface area contributed by atoms with Gasteiger partial charge in [0.2, 0.25) is 5.54 Å². The lowest BCUT2D eigenvalue weighted by molar-refractivity contribution is -0.203. The largest absolute Gasteiger partial charge is 0.479 e. The molecule has 0 saturated carbocycles. The number of carboxylic acid groups (broad SMARTS) is 1. The average Bonchev–Trinajstić information content (AvgIpc) is 2.30. The summed E-state index contributed by atoms with van der Waals surface area (Å²) in [6.45, 7) is 0.293. The van der Waals surface area contributed by atoms with E-state index in [0.717, 1.165) is 12.1 Å². The lowest BCUT2D eigenvalue weighted by atomic mass is 10.0. The van der Waals surface area contributed by atoms with Crippen LogP contribution in [0.2, 0.25) is 0 Å². The molecule has 0 bridgehead atoms. The summed E-state index contributed by atoms with van der Waals surface area (Å²) in [6, 6.07) is 2.58. The second kappa shape index (κ2) is 4.99. The van der Waals surface area contributed by atoms with Gasteiger partial charge >= 0.3 is 12.1 Å². The van der Waals surface area contributed by atoms with Crippen LogP contribution in [-0.2, 0) is 4.79 Å². The Balaban J connectivity index is 3.09. The first-order valence-corrected chi connectivity index (χ1v) is 5.16. The van der Waals surface area contributed by atoms with Gasteiger partial charge in [0, 0.05) is 5.56 Å². The number of carboxylic acids is 1. The third kappa shape index (κ3) is 2.81. The first-order chi connectivity index (χ1) is 8.99. The van der Waals surface area contributed by atoms with Crippen molar-refractivity contribution in [3.63, 3.8) is 0 Å². The number of rotatable bonds is 3. The van der Waals surface area contributed by atoms with E-state index in [1.165, 1.54) is 5.32 Å². The minimum absolute atomic E-state index is 0.293. The average molecular weight is 294 g/mol. The van der Waals surface area contributed by atoms with E-state index in [9.17, 15) is 27.2 Å². The lowest BCUT2D eigenvalue weighted by Gasteiger charge is -2.28. The topological polar surface area (TPSA) is 92.4 Å². The minimum atomic E-state index is -5.22. The summed E-state index contributed by atoms with van der Waals surface area (Å²) in [4.78, 5) is 22.3. The van der Waals surface area contributed by atoms with Crippen molar-refractivity contribution in [1.29, 1.82) is 0 Å². The maximum atomic E-state index is 13.1. The van der Waals surface area contributed by atoms with Crippen LogP contribution in [0.3, 0.4) is 0 Å². The van der Waals surface area contributed by atoms with Gasteiger partial charge in [-0.25, -0.2) is 9.18 Å². The van der Waals surface area contributed by atoms with Gasteiger partial charge in [-0.15, -0.1) is 0 Å². The second-order valence-electron chi connectivity index (χ2n) is 4.12. The molecule has 110 valence electrons. The van der Waals surface area contributed by atoms with E-state index < -0.39 is 35.0 Å². The number of nitrogens with one attached hydrogen (secondary N) is 1. The van der Waals surface area contributed by atoms with Gasteiger partial charge in [0.15, 0.2) is 0 Å². The molecular formula is C11H10F4N2O3. The summed E-state index contributed by atoms with van der Waals surface area (Å²) < 4.78 is 51.2. The number of amides is 1. The molecule has 1 atom stereocenters. The Morgan fingerprint density at radius 2 is 1.85 bits per heavy atom. The Morgan fingerprint density at radius 3 is 2.25 bits per heavy atom. The van der Waals surface area contributed by atoms with Crippen molar-refractivity contribution in [3.05, 3.63) is 29.6 Å². The molecule has 1 unspecified atom stereocenters. The first-order valence-electron chi connectivity index (χ1n) is 5.16. The van der Waals surface area contributed by atoms with Gasteiger partial charge in [0.1, 0.15) is 5.82 Å². The van der Waals surface area contributed by atoms with E-state index in [4.69, 9.17) is 10.8 Å². The Morgan fingerprint density at radius 1 is 1.30 bits per heavy atom. The van der Waals surface area contributed by atoms with Crippen molar-refractivity contribution in [2.24, 2.45) is 0 Å². The highest BCUT2D eigenvalue weighted by Gasteiger charge is 2.58. The zero-order valence-corrected chi connectivity index (χ0v) is 10.1. The number of nitrogens with two attached hydrogens (primary N) is 1. The molecular weight excluding hydrogens is 284 g/mol. The summed E-state index contributed by atoms with van der Waals surface area (Å²) in [7, 11) is 0. The number of alkyl halides is 3. The van der Waals surface area contributed by atoms with Crippen LogP contribution in [0.4, 0.5) is 23.2 Å². The van der Waals surface area contributed by atoms with Gasteiger partial charge < -0.3 is 16.2 Å². The number of carbonyl (C=O) groups is 2. The number of aliphatic carboxylic acids is 1. The maximum Gasteiger partial charge on any atom is 0.422 e. The summed E-state index contributed by atoms with van der Waals surface area (Å²) >= 11 is 0. The van der Waals surface area contributed by atoms with Crippen molar-refractivity contribution >= 4 is 17.6 Å². The molecule has 0 aliphatic heterocycles. The molecule has 0 aromatic heterocycles. The van der Waals surface area contributed by atoms with Crippen LogP contribution < -0.4 is 11.1 Å². The smallest absolute Gasteiger partial charge is 0.422 e. The molecule has 0 aliphatic rings. The number of halogens is 4. The molecule has 1 aromatic carbocycles. The predicted octanol–water partition coefficient (Wildman–Crippen LogP) is 1.54. The monoisotopic (exact) mass is 294 g/mol. The molecule has 1 aromatic rings. The molecule has 0 aliphatic carbocycles. The van der Waals surface area contributed by atoms with E-state index in [2.05, 4.69) is 0 Å². The number of nitrogen functional groups attached to an aromatic ring is 1. The Kier molecular flexibility index (Phi) is 3.92. The van der Waals surface area contributed by atoms with Crippen molar-refractivity contribution in [1.82, 2.24) is 5.32 Å². The third-order valence-corrected chi connectivity index (χ3v) is 2.62. The molecule has 0 saturated heterocycles. The van der Waals surface area contributed by atoms with Gasteiger partial charge in [-0.1, -0.05) is 0 Å². The van der Waals surface area contributed by atoms with E-state index in [0.29, 0.717) is 13.0 Å². The quantitative estimate of drug-likeness (QED) is 0.582. The van der Waals surface area contributed by atoms with Crippen molar-refractivity contribution in [2.75, 3.05) is 5.73 Å². The highest BCUT2D eigenvalue weighted by molar-refractivity contribution is 5.98. The van der Waals surface area contributed by atoms with Crippen LogP contribution in [0.1, 0.15) is 17.3 Å². The fourth-order valence-electron chi connectivity index (χ4n) is 1.21. The third-order valence-electron chi connectivity index (χ3n) is 2.62. The van der Waals surface area contributed by atoms with Gasteiger partial charge in [-0.3, -0.25) is 4.79 Å². The van der Waals surface area contributed by atoms with Gasteiger partial charge in [-0.2, -0.15) is 13.2 Å². The highest BCUT2D eigenvalue weighted by Crippen LogP contribution is 2.30. The summed E-state index contributed by atoms with van der Waals surface area (Å²) in [5.41, 5.74) is 0.897. The van der Waals surface area contributed by atoms with E-state index >= 15 is 0 Å². The second-order valence-corrected chi connectivity index (χ2v) is 4.12. The molecule has 20 heavy (non-hydrogen) atoms. The van der Waals surface area contributed by atoms with Crippen molar-refractivity contribution in [3.8, 4) is 0 Å². The maximum absolute atomic E-state index is 13.1. The Hall–Kier alpha value is -2.32. The molecule has 0 spiro atoms. The number of carbonyl (C=O) groups excluding carboxylic acids is 1. The summed E-state index contributed by atoms with van der Waals surface area (Å²) in [5.74, 6) is -4.66. The van der Waals surface area contributed by atoms with Gasteiger partial charge in [0.25, 0.3) is 5.91 Å². The standard InChI is InChI=1S/C11H10F4N2O3/c1-10(9(19)20,11(13,14)15)17-8(18)5-2-3-7(16)6(12)4-5/h2-4H,16H2,1H3,(H,17,18)(H,19,20). The zero-order chi connectivity index (χ0) is 15.7. The zero-order valence-electron chi connectivity index (χ0n) is 10.1. The first kappa shape index (κ1) is 15.7. The molecule has 5 nitrogen and oxygen atoms in total. The van der Waals surface area contributed by atoms with Crippen LogP contribution >= 0.6 is 0 Å². The molecule has 4 N–H and O–H groups in total. The summed E-state index contributed by atoms with van der Waals surface area (Å²) in [6.07, 6.45) is -5.22. The summed E-state index contributed by atoms with van der Waals surface area (Å²) in [5, 5.41) is 9.96. The predicted molar refractivity (Wildman–Crippen MR) is 60.4 cm³/mol. The molecule has 0 fully saturated rings. The number of hydrogen-bond acceptors (Lipinski definition) is 3. The van der Waals surface area contributed by atoms with Crippen LogP contribution in [0.5, 0.6) is 0 Å². The van der Waals surface area contributed by atoms with E-state index in [1.807, 2.05) is 0 Å². The van der Waals surface area contributed by atoms with Crippen molar-refractivity contribution in [2.45, 2.75) is 18.6 Å². The Labute approximate surface area is 110 Å². The minimum Gasteiger partial charge on any atom is -0.479 e. The van der Waals surface area contributed by atoms with Crippen LogP contribution in [0.25, 0.3) is 0 Å².